The zero-order valence-electron chi connectivity index (χ0n) is 43.2. The van der Waals surface area contributed by atoms with E-state index in [1.165, 1.54) is 143 Å². The van der Waals surface area contributed by atoms with Crippen molar-refractivity contribution in [3.8, 4) is 0 Å². The van der Waals surface area contributed by atoms with Gasteiger partial charge in [0.15, 0.2) is 0 Å². The number of hydrogen-bond acceptors (Lipinski definition) is 5. The molecule has 8 aromatic carbocycles. The Hall–Kier alpha value is -6.60. The Kier molecular flexibility index (Phi) is 9.19. The number of hydrogen-bond donors (Lipinski definition) is 0. The van der Waals surface area contributed by atoms with Crippen LogP contribution in [0.25, 0.3) is 30.3 Å². The van der Waals surface area contributed by atoms with E-state index in [1.807, 2.05) is 22.7 Å². The molecular formula is C66H60BN3S2. The van der Waals surface area contributed by atoms with E-state index in [0.29, 0.717) is 0 Å². The maximum atomic E-state index is 2.71. The summed E-state index contributed by atoms with van der Waals surface area (Å²) in [6.45, 7) is 24.1. The SMILES string of the molecule is Cc1cc2c3c(c1)N(c1cccc4c1sc1ccccc14)c1cc4c(cc1B3c1sc3ccc(C(C)(C)C)cc3c1N2c1ccc2c(c1)C(C)(C)CCC2(C)C)C(C)(C)c1ccccc1N4c1ccccc1. The molecule has 354 valence electrons. The second-order valence-electron chi connectivity index (χ2n) is 24.1. The van der Waals surface area contributed by atoms with Gasteiger partial charge in [0.05, 0.1) is 27.4 Å². The van der Waals surface area contributed by atoms with Crippen molar-refractivity contribution >= 4 is 127 Å². The van der Waals surface area contributed by atoms with Crippen molar-refractivity contribution in [2.24, 2.45) is 0 Å². The van der Waals surface area contributed by atoms with E-state index in [9.17, 15) is 0 Å². The number of fused-ring (bicyclic) bond motifs is 12. The first-order valence-electron chi connectivity index (χ1n) is 26.0. The number of benzene rings is 8. The maximum absolute atomic E-state index is 2.71. The average Bonchev–Trinajstić information content (AvgIpc) is 3.94. The van der Waals surface area contributed by atoms with E-state index >= 15 is 0 Å². The van der Waals surface area contributed by atoms with E-state index in [4.69, 9.17) is 0 Å². The molecule has 0 unspecified atom stereocenters. The Bertz CT molecular complexity index is 3940. The summed E-state index contributed by atoms with van der Waals surface area (Å²) in [6, 6.07) is 61.2. The lowest BCUT2D eigenvalue weighted by atomic mass is 9.36. The molecule has 5 heterocycles. The molecule has 2 aromatic heterocycles. The van der Waals surface area contributed by atoms with E-state index in [-0.39, 0.29) is 28.4 Å². The van der Waals surface area contributed by atoms with Crippen LogP contribution >= 0.6 is 22.7 Å². The van der Waals surface area contributed by atoms with Crippen molar-refractivity contribution < 1.29 is 0 Å². The van der Waals surface area contributed by atoms with Gasteiger partial charge in [0.2, 0.25) is 0 Å². The molecule has 0 radical (unpaired) electrons. The maximum Gasteiger partial charge on any atom is 0.264 e. The molecule has 0 N–H and O–H groups in total. The van der Waals surface area contributed by atoms with Crippen LogP contribution < -0.4 is 30.4 Å². The molecule has 1 aliphatic carbocycles. The van der Waals surface area contributed by atoms with E-state index in [0.717, 1.165) is 0 Å². The quantitative estimate of drug-likeness (QED) is 0.163. The van der Waals surface area contributed by atoms with E-state index in [2.05, 4.69) is 242 Å². The number of para-hydroxylation sites is 2. The third kappa shape index (κ3) is 6.15. The van der Waals surface area contributed by atoms with Crippen molar-refractivity contribution in [1.82, 2.24) is 0 Å². The summed E-state index contributed by atoms with van der Waals surface area (Å²) in [7, 11) is 0. The summed E-state index contributed by atoms with van der Waals surface area (Å²) in [5, 5.41) is 3.96. The Labute approximate surface area is 433 Å². The number of thiophene rings is 2. The fourth-order valence-corrected chi connectivity index (χ4v) is 15.8. The molecule has 0 fully saturated rings. The molecule has 0 bridgehead atoms. The summed E-state index contributed by atoms with van der Waals surface area (Å²) >= 11 is 3.93. The standard InChI is InChI=1S/C66H60BN3S2/c1-39-33-55-59-56(34-39)70(52-25-18-22-44-43-21-14-17-26-57(43)71-61(44)52)54-38-53-49(66(9,10)47-23-15-16-24-51(47)68(53)41-19-12-11-13-20-41)37-50(54)67(59)62-60(45-35-40(63(2,3)4)27-30-58(45)72-62)69(55)42-28-29-46-48(36-42)65(7,8)32-31-64(46,5)6/h11-30,33-38H,31-32H2,1-10H3. The zero-order valence-corrected chi connectivity index (χ0v) is 44.8. The summed E-state index contributed by atoms with van der Waals surface area (Å²) in [5.41, 5.74) is 22.1. The van der Waals surface area contributed by atoms with Crippen LogP contribution in [0.2, 0.25) is 0 Å². The lowest BCUT2D eigenvalue weighted by molar-refractivity contribution is 0.332. The van der Waals surface area contributed by atoms with Crippen LogP contribution in [0.1, 0.15) is 109 Å². The summed E-state index contributed by atoms with van der Waals surface area (Å²) in [4.78, 5) is 7.92. The van der Waals surface area contributed by atoms with Gasteiger partial charge in [-0.3, -0.25) is 0 Å². The smallest absolute Gasteiger partial charge is 0.264 e. The molecule has 14 rings (SSSR count). The molecule has 3 nitrogen and oxygen atoms in total. The highest BCUT2D eigenvalue weighted by atomic mass is 32.1. The topological polar surface area (TPSA) is 9.72 Å². The van der Waals surface area contributed by atoms with Gasteiger partial charge in [-0.1, -0.05) is 147 Å². The predicted molar refractivity (Wildman–Crippen MR) is 314 cm³/mol. The monoisotopic (exact) mass is 969 g/mol. The number of nitrogens with zero attached hydrogens (tertiary/aromatic N) is 3. The van der Waals surface area contributed by atoms with Gasteiger partial charge in [0.1, 0.15) is 0 Å². The van der Waals surface area contributed by atoms with Gasteiger partial charge >= 0.3 is 0 Å². The largest absolute Gasteiger partial charge is 0.310 e. The van der Waals surface area contributed by atoms with Gasteiger partial charge in [-0.05, 0) is 153 Å². The van der Waals surface area contributed by atoms with E-state index in [1.54, 1.807) is 0 Å². The number of aryl methyl sites for hydroxylation is 1. The molecule has 0 amide bonds. The van der Waals surface area contributed by atoms with Crippen molar-refractivity contribution in [3.05, 3.63) is 191 Å². The summed E-state index contributed by atoms with van der Waals surface area (Å²) < 4.78 is 5.38. The third-order valence-corrected chi connectivity index (χ3v) is 19.7. The molecule has 72 heavy (non-hydrogen) atoms. The van der Waals surface area contributed by atoms with Crippen molar-refractivity contribution in [3.63, 3.8) is 0 Å². The Morgan fingerprint density at radius 3 is 1.94 bits per heavy atom. The number of anilines is 9. The molecule has 0 spiro atoms. The minimum atomic E-state index is -0.284. The molecule has 3 aliphatic heterocycles. The molecular weight excluding hydrogens is 910 g/mol. The number of rotatable bonds is 3. The van der Waals surface area contributed by atoms with Gasteiger partial charge in [0.25, 0.3) is 6.71 Å². The minimum absolute atomic E-state index is 0.0112. The van der Waals surface area contributed by atoms with Crippen LogP contribution in [0.5, 0.6) is 0 Å². The van der Waals surface area contributed by atoms with Crippen LogP contribution in [-0.4, -0.2) is 6.71 Å². The van der Waals surface area contributed by atoms with Crippen LogP contribution in [0, 0.1) is 6.92 Å². The van der Waals surface area contributed by atoms with Gasteiger partial charge in [-0.2, -0.15) is 0 Å². The third-order valence-electron chi connectivity index (χ3n) is 17.3. The fraction of sp³-hybridized carbons (Fsp3) is 0.242. The lowest BCUT2D eigenvalue weighted by Gasteiger charge is -2.47. The normalized spacial score (nSPS) is 16.9. The first-order valence-corrected chi connectivity index (χ1v) is 27.6. The highest BCUT2D eigenvalue weighted by molar-refractivity contribution is 7.33. The highest BCUT2D eigenvalue weighted by Gasteiger charge is 2.49. The Morgan fingerprint density at radius 2 is 1.15 bits per heavy atom. The average molecular weight is 970 g/mol. The molecule has 0 atom stereocenters. The molecule has 10 aromatic rings. The van der Waals surface area contributed by atoms with Gasteiger partial charge < -0.3 is 14.7 Å². The van der Waals surface area contributed by atoms with Crippen molar-refractivity contribution in [1.29, 1.82) is 0 Å². The first-order chi connectivity index (χ1) is 34.5. The van der Waals surface area contributed by atoms with E-state index < -0.39 is 0 Å². The minimum Gasteiger partial charge on any atom is -0.310 e. The van der Waals surface area contributed by atoms with Gasteiger partial charge in [0, 0.05) is 64.2 Å². The summed E-state index contributed by atoms with van der Waals surface area (Å²) in [6.07, 6.45) is 2.36. The van der Waals surface area contributed by atoms with Crippen molar-refractivity contribution in [2.75, 3.05) is 14.7 Å². The van der Waals surface area contributed by atoms with Gasteiger partial charge in [-0.25, -0.2) is 0 Å². The second-order valence-corrected chi connectivity index (χ2v) is 26.2. The van der Waals surface area contributed by atoms with Gasteiger partial charge in [-0.15, -0.1) is 22.7 Å². The Balaban J connectivity index is 1.13. The predicted octanol–water partition coefficient (Wildman–Crippen LogP) is 17.4. The summed E-state index contributed by atoms with van der Waals surface area (Å²) in [5.74, 6) is 0. The van der Waals surface area contributed by atoms with Crippen LogP contribution in [0.3, 0.4) is 0 Å². The lowest BCUT2D eigenvalue weighted by Crippen LogP contribution is -2.60. The molecule has 4 aliphatic rings. The Morgan fingerprint density at radius 1 is 0.472 bits per heavy atom. The fourth-order valence-electron chi connectivity index (χ4n) is 13.3. The van der Waals surface area contributed by atoms with Crippen LogP contribution in [0.4, 0.5) is 51.2 Å². The molecule has 0 saturated heterocycles. The second kappa shape index (κ2) is 15.0. The molecule has 6 heteroatoms. The van der Waals surface area contributed by atoms with Crippen LogP contribution in [-0.2, 0) is 21.7 Å². The zero-order chi connectivity index (χ0) is 49.4. The first kappa shape index (κ1) is 44.1. The highest BCUT2D eigenvalue weighted by Crippen LogP contribution is 2.57. The van der Waals surface area contributed by atoms with Crippen LogP contribution in [0.15, 0.2) is 158 Å². The van der Waals surface area contributed by atoms with Crippen molar-refractivity contribution in [2.45, 2.75) is 104 Å². The molecule has 0 saturated carbocycles.